The normalized spacial score (nSPS) is 12.9. The van der Waals surface area contributed by atoms with Crippen LogP contribution >= 0.6 is 0 Å². The molecular weight excluding hydrogens is 172 g/mol. The Balaban J connectivity index is 4.07. The Morgan fingerprint density at radius 3 is 2.21 bits per heavy atom. The van der Waals surface area contributed by atoms with Crippen molar-refractivity contribution < 1.29 is 0 Å². The van der Waals surface area contributed by atoms with Crippen LogP contribution in [0, 0.1) is 11.3 Å². The van der Waals surface area contributed by atoms with Gasteiger partial charge < -0.3 is 10.6 Å². The Bertz CT molecular complexity index is 141. The van der Waals surface area contributed by atoms with E-state index in [0.29, 0.717) is 0 Å². The van der Waals surface area contributed by atoms with E-state index in [4.69, 9.17) is 5.73 Å². The fourth-order valence-electron chi connectivity index (χ4n) is 1.74. The molecule has 0 aromatic rings. The first-order valence-electron chi connectivity index (χ1n) is 5.83. The van der Waals surface area contributed by atoms with Gasteiger partial charge >= 0.3 is 0 Å². The molecule has 0 bridgehead atoms. The zero-order valence-corrected chi connectivity index (χ0v) is 10.6. The lowest BCUT2D eigenvalue weighted by Crippen LogP contribution is -2.40. The highest BCUT2D eigenvalue weighted by Gasteiger charge is 2.19. The molecule has 2 nitrogen and oxygen atoms in total. The summed E-state index contributed by atoms with van der Waals surface area (Å²) < 4.78 is 0. The van der Waals surface area contributed by atoms with Gasteiger partial charge in [-0.3, -0.25) is 0 Å². The molecule has 0 unspecified atom stereocenters. The van der Waals surface area contributed by atoms with Crippen LogP contribution in [0.5, 0.6) is 0 Å². The van der Waals surface area contributed by atoms with E-state index in [1.165, 1.54) is 19.5 Å². The van der Waals surface area contributed by atoms with E-state index in [-0.39, 0.29) is 5.41 Å². The van der Waals surface area contributed by atoms with Crippen molar-refractivity contribution in [2.75, 3.05) is 26.2 Å². The van der Waals surface area contributed by atoms with Gasteiger partial charge in [0.25, 0.3) is 0 Å². The summed E-state index contributed by atoms with van der Waals surface area (Å²) in [5.41, 5.74) is 6.01. The Morgan fingerprint density at radius 1 is 1.29 bits per heavy atom. The second kappa shape index (κ2) is 6.41. The highest BCUT2D eigenvalue weighted by Crippen LogP contribution is 2.16. The second-order valence-electron chi connectivity index (χ2n) is 5.50. The van der Waals surface area contributed by atoms with Crippen molar-refractivity contribution in [2.45, 2.75) is 41.0 Å². The van der Waals surface area contributed by atoms with Gasteiger partial charge in [-0.05, 0) is 30.8 Å². The Labute approximate surface area is 89.9 Å². The van der Waals surface area contributed by atoms with Crippen molar-refractivity contribution in [1.82, 2.24) is 4.90 Å². The average molecular weight is 200 g/mol. The number of nitrogens with zero attached hydrogens (tertiary/aromatic N) is 1. The van der Waals surface area contributed by atoms with Gasteiger partial charge in [0.1, 0.15) is 0 Å². The van der Waals surface area contributed by atoms with Crippen LogP contribution in [-0.2, 0) is 0 Å². The molecule has 14 heavy (non-hydrogen) atoms. The molecule has 2 heteroatoms. The molecule has 0 radical (unpaired) electrons. The number of hydrogen-bond acceptors (Lipinski definition) is 2. The molecule has 0 rings (SSSR count). The SMILES string of the molecule is CCCN(CC(C)C)CC(C)(C)CN. The standard InChI is InChI=1S/C12H28N2/c1-6-7-14(8-11(2)3)10-12(4,5)9-13/h11H,6-10,13H2,1-5H3. The summed E-state index contributed by atoms with van der Waals surface area (Å²) in [6, 6.07) is 0. The third-order valence-electron chi connectivity index (χ3n) is 2.37. The average Bonchev–Trinajstić information content (AvgIpc) is 2.03. The summed E-state index contributed by atoms with van der Waals surface area (Å²) >= 11 is 0. The summed E-state index contributed by atoms with van der Waals surface area (Å²) in [7, 11) is 0. The van der Waals surface area contributed by atoms with Crippen LogP contribution in [-0.4, -0.2) is 31.1 Å². The fraction of sp³-hybridized carbons (Fsp3) is 1.00. The third kappa shape index (κ3) is 6.39. The molecule has 0 atom stereocenters. The molecule has 0 saturated heterocycles. The predicted octanol–water partition coefficient (Wildman–Crippen LogP) is 2.34. The molecule has 0 aliphatic rings. The molecule has 0 spiro atoms. The molecule has 0 heterocycles. The summed E-state index contributed by atoms with van der Waals surface area (Å²) in [6.45, 7) is 15.6. The Kier molecular flexibility index (Phi) is 6.38. The van der Waals surface area contributed by atoms with E-state index in [9.17, 15) is 0 Å². The van der Waals surface area contributed by atoms with Crippen LogP contribution in [0.25, 0.3) is 0 Å². The molecule has 0 aromatic carbocycles. The minimum absolute atomic E-state index is 0.254. The quantitative estimate of drug-likeness (QED) is 0.683. The first-order chi connectivity index (χ1) is 6.41. The van der Waals surface area contributed by atoms with Crippen molar-refractivity contribution in [3.63, 3.8) is 0 Å². The largest absolute Gasteiger partial charge is 0.330 e. The van der Waals surface area contributed by atoms with E-state index in [2.05, 4.69) is 39.5 Å². The molecular formula is C12H28N2. The van der Waals surface area contributed by atoms with Gasteiger partial charge in [-0.25, -0.2) is 0 Å². The van der Waals surface area contributed by atoms with Gasteiger partial charge in [-0.2, -0.15) is 0 Å². The third-order valence-corrected chi connectivity index (χ3v) is 2.37. The topological polar surface area (TPSA) is 29.3 Å². The second-order valence-corrected chi connectivity index (χ2v) is 5.50. The first-order valence-corrected chi connectivity index (χ1v) is 5.83. The van der Waals surface area contributed by atoms with E-state index in [0.717, 1.165) is 19.0 Å². The van der Waals surface area contributed by atoms with Crippen molar-refractivity contribution in [2.24, 2.45) is 17.1 Å². The Hall–Kier alpha value is -0.0800. The molecule has 0 amide bonds. The van der Waals surface area contributed by atoms with Gasteiger partial charge in [0.2, 0.25) is 0 Å². The van der Waals surface area contributed by atoms with E-state index in [1.807, 2.05) is 0 Å². The zero-order chi connectivity index (χ0) is 11.2. The molecule has 0 aliphatic carbocycles. The maximum absolute atomic E-state index is 5.75. The van der Waals surface area contributed by atoms with E-state index >= 15 is 0 Å². The van der Waals surface area contributed by atoms with Crippen LogP contribution in [0.4, 0.5) is 0 Å². The van der Waals surface area contributed by atoms with Gasteiger partial charge in [-0.1, -0.05) is 34.6 Å². The molecule has 2 N–H and O–H groups in total. The first kappa shape index (κ1) is 13.9. The highest BCUT2D eigenvalue weighted by molar-refractivity contribution is 4.75. The Morgan fingerprint density at radius 2 is 1.86 bits per heavy atom. The van der Waals surface area contributed by atoms with Crippen LogP contribution in [0.3, 0.4) is 0 Å². The minimum atomic E-state index is 0.254. The maximum Gasteiger partial charge on any atom is 0.00449 e. The number of nitrogens with two attached hydrogens (primary N) is 1. The number of hydrogen-bond donors (Lipinski definition) is 1. The maximum atomic E-state index is 5.75. The van der Waals surface area contributed by atoms with Crippen LogP contribution in [0.15, 0.2) is 0 Å². The van der Waals surface area contributed by atoms with Gasteiger partial charge in [0.05, 0.1) is 0 Å². The summed E-state index contributed by atoms with van der Waals surface area (Å²) in [4.78, 5) is 2.54. The molecule has 86 valence electrons. The minimum Gasteiger partial charge on any atom is -0.330 e. The van der Waals surface area contributed by atoms with Crippen LogP contribution < -0.4 is 5.73 Å². The molecule has 0 fully saturated rings. The van der Waals surface area contributed by atoms with Gasteiger partial charge in [0.15, 0.2) is 0 Å². The van der Waals surface area contributed by atoms with Crippen molar-refractivity contribution in [3.8, 4) is 0 Å². The summed E-state index contributed by atoms with van der Waals surface area (Å²) in [5.74, 6) is 0.745. The fourth-order valence-corrected chi connectivity index (χ4v) is 1.74. The lowest BCUT2D eigenvalue weighted by atomic mass is 9.92. The zero-order valence-electron chi connectivity index (χ0n) is 10.6. The lowest BCUT2D eigenvalue weighted by molar-refractivity contribution is 0.167. The van der Waals surface area contributed by atoms with Crippen molar-refractivity contribution >= 4 is 0 Å². The summed E-state index contributed by atoms with van der Waals surface area (Å²) in [6.07, 6.45) is 1.23. The molecule has 0 aliphatic heterocycles. The lowest BCUT2D eigenvalue weighted by Gasteiger charge is -2.32. The van der Waals surface area contributed by atoms with E-state index < -0.39 is 0 Å². The monoisotopic (exact) mass is 200 g/mol. The molecule has 0 saturated carbocycles. The van der Waals surface area contributed by atoms with Crippen LogP contribution in [0.2, 0.25) is 0 Å². The highest BCUT2D eigenvalue weighted by atomic mass is 15.1. The summed E-state index contributed by atoms with van der Waals surface area (Å²) in [5, 5.41) is 0. The predicted molar refractivity (Wildman–Crippen MR) is 64.4 cm³/mol. The smallest absolute Gasteiger partial charge is 0.00449 e. The molecule has 0 aromatic heterocycles. The number of rotatable bonds is 7. The van der Waals surface area contributed by atoms with Crippen molar-refractivity contribution in [1.29, 1.82) is 0 Å². The van der Waals surface area contributed by atoms with Gasteiger partial charge in [-0.15, -0.1) is 0 Å². The van der Waals surface area contributed by atoms with E-state index in [1.54, 1.807) is 0 Å². The van der Waals surface area contributed by atoms with Crippen LogP contribution in [0.1, 0.15) is 41.0 Å². The van der Waals surface area contributed by atoms with Gasteiger partial charge in [0, 0.05) is 13.1 Å². The van der Waals surface area contributed by atoms with Crippen molar-refractivity contribution in [3.05, 3.63) is 0 Å².